The number of phenols is 2. The Labute approximate surface area is 105 Å². The molecular weight excluding hydrogens is 228 g/mol. The molecule has 0 saturated carbocycles. The number of nitrogens with one attached hydrogen (secondary N) is 1. The number of pyridine rings is 1. The summed E-state index contributed by atoms with van der Waals surface area (Å²) in [6, 6.07) is 7.20. The van der Waals surface area contributed by atoms with Crippen LogP contribution in [0.4, 0.5) is 0 Å². The molecule has 0 aliphatic carbocycles. The van der Waals surface area contributed by atoms with E-state index in [1.165, 1.54) is 0 Å². The van der Waals surface area contributed by atoms with Crippen molar-refractivity contribution in [3.8, 4) is 11.5 Å². The van der Waals surface area contributed by atoms with Crippen LogP contribution in [0.5, 0.6) is 11.5 Å². The van der Waals surface area contributed by atoms with Gasteiger partial charge in [-0.15, -0.1) is 0 Å². The van der Waals surface area contributed by atoms with Crippen LogP contribution < -0.4 is 5.32 Å². The molecule has 1 aromatic heterocycles. The van der Waals surface area contributed by atoms with Crippen molar-refractivity contribution in [1.29, 1.82) is 0 Å². The molecule has 0 saturated heterocycles. The van der Waals surface area contributed by atoms with Gasteiger partial charge in [0.2, 0.25) is 0 Å². The van der Waals surface area contributed by atoms with Gasteiger partial charge < -0.3 is 15.5 Å². The molecule has 4 heteroatoms. The second kappa shape index (κ2) is 4.31. The lowest BCUT2D eigenvalue weighted by molar-refractivity contribution is 0.400. The Morgan fingerprint density at radius 3 is 2.83 bits per heavy atom. The van der Waals surface area contributed by atoms with E-state index < -0.39 is 0 Å². The molecular formula is C14H14N2O2. The lowest BCUT2D eigenvalue weighted by Gasteiger charge is -2.27. The number of aromatic nitrogens is 1. The van der Waals surface area contributed by atoms with Gasteiger partial charge in [-0.3, -0.25) is 4.98 Å². The van der Waals surface area contributed by atoms with Crippen LogP contribution in [-0.2, 0) is 6.42 Å². The lowest BCUT2D eigenvalue weighted by Crippen LogP contribution is -2.30. The Morgan fingerprint density at radius 1 is 1.22 bits per heavy atom. The maximum absolute atomic E-state index is 9.65. The van der Waals surface area contributed by atoms with E-state index in [0.29, 0.717) is 0 Å². The minimum absolute atomic E-state index is 0.0222. The number of benzene rings is 1. The highest BCUT2D eigenvalue weighted by atomic mass is 16.3. The van der Waals surface area contributed by atoms with Crippen LogP contribution in [-0.4, -0.2) is 21.7 Å². The standard InChI is InChI=1S/C14H14N2O2/c17-12-6-9-3-5-16-14(11(9)7-13(12)18)10-2-1-4-15-8-10/h1-2,4,6-8,14,16-18H,3,5H2. The van der Waals surface area contributed by atoms with E-state index in [9.17, 15) is 10.2 Å². The van der Waals surface area contributed by atoms with Crippen molar-refractivity contribution < 1.29 is 10.2 Å². The van der Waals surface area contributed by atoms with Gasteiger partial charge in [0.1, 0.15) is 0 Å². The molecule has 3 N–H and O–H groups in total. The maximum atomic E-state index is 9.65. The number of rotatable bonds is 1. The highest BCUT2D eigenvalue weighted by molar-refractivity contribution is 5.49. The number of hydrogen-bond donors (Lipinski definition) is 3. The molecule has 3 rings (SSSR count). The van der Waals surface area contributed by atoms with E-state index in [1.54, 1.807) is 18.3 Å². The second-order valence-electron chi connectivity index (χ2n) is 4.46. The van der Waals surface area contributed by atoms with Gasteiger partial charge in [0.15, 0.2) is 11.5 Å². The van der Waals surface area contributed by atoms with Crippen LogP contribution >= 0.6 is 0 Å². The average Bonchev–Trinajstić information content (AvgIpc) is 2.40. The Morgan fingerprint density at radius 2 is 2.06 bits per heavy atom. The summed E-state index contributed by atoms with van der Waals surface area (Å²) in [5.41, 5.74) is 3.13. The van der Waals surface area contributed by atoms with Crippen molar-refractivity contribution in [3.05, 3.63) is 53.3 Å². The third-order valence-corrected chi connectivity index (χ3v) is 3.31. The maximum Gasteiger partial charge on any atom is 0.157 e. The first kappa shape index (κ1) is 11.0. The first-order valence-corrected chi connectivity index (χ1v) is 5.94. The topological polar surface area (TPSA) is 65.4 Å². The van der Waals surface area contributed by atoms with Crippen molar-refractivity contribution in [2.24, 2.45) is 0 Å². The SMILES string of the molecule is Oc1cc2c(cc1O)C(c1cccnc1)NCC2. The third-order valence-electron chi connectivity index (χ3n) is 3.31. The molecule has 0 spiro atoms. The minimum Gasteiger partial charge on any atom is -0.504 e. The summed E-state index contributed by atoms with van der Waals surface area (Å²) in [5.74, 6) is -0.132. The number of nitrogens with zero attached hydrogens (tertiary/aromatic N) is 1. The normalized spacial score (nSPS) is 18.3. The monoisotopic (exact) mass is 242 g/mol. The summed E-state index contributed by atoms with van der Waals surface area (Å²) in [6.45, 7) is 0.844. The van der Waals surface area contributed by atoms with Crippen LogP contribution in [0.3, 0.4) is 0 Å². The van der Waals surface area contributed by atoms with Crippen LogP contribution in [0, 0.1) is 0 Å². The zero-order valence-corrected chi connectivity index (χ0v) is 9.80. The van der Waals surface area contributed by atoms with Gasteiger partial charge >= 0.3 is 0 Å². The molecule has 18 heavy (non-hydrogen) atoms. The summed E-state index contributed by atoms with van der Waals surface area (Å²) >= 11 is 0. The van der Waals surface area contributed by atoms with Crippen molar-refractivity contribution in [2.75, 3.05) is 6.54 Å². The fourth-order valence-corrected chi connectivity index (χ4v) is 2.43. The van der Waals surface area contributed by atoms with Gasteiger partial charge in [-0.25, -0.2) is 0 Å². The molecule has 1 unspecified atom stereocenters. The molecule has 1 aliphatic rings. The molecule has 92 valence electrons. The molecule has 1 atom stereocenters. The second-order valence-corrected chi connectivity index (χ2v) is 4.46. The number of phenolic OH excluding ortho intramolecular Hbond substituents is 2. The zero-order valence-electron chi connectivity index (χ0n) is 9.80. The van der Waals surface area contributed by atoms with E-state index in [4.69, 9.17) is 0 Å². The summed E-state index contributed by atoms with van der Waals surface area (Å²) in [4.78, 5) is 4.12. The molecule has 2 heterocycles. The van der Waals surface area contributed by atoms with Crippen molar-refractivity contribution in [2.45, 2.75) is 12.5 Å². The smallest absolute Gasteiger partial charge is 0.157 e. The molecule has 1 aliphatic heterocycles. The van der Waals surface area contributed by atoms with Gasteiger partial charge in [0.05, 0.1) is 6.04 Å². The van der Waals surface area contributed by atoms with Crippen molar-refractivity contribution >= 4 is 0 Å². The van der Waals surface area contributed by atoms with Crippen LogP contribution in [0.25, 0.3) is 0 Å². The minimum atomic E-state index is -0.0775. The Bertz CT molecular complexity index is 570. The first-order chi connectivity index (χ1) is 8.75. The summed E-state index contributed by atoms with van der Waals surface area (Å²) in [5, 5.41) is 22.6. The zero-order chi connectivity index (χ0) is 12.5. The molecule has 0 fully saturated rings. The molecule has 2 aromatic rings. The van der Waals surface area contributed by atoms with Crippen molar-refractivity contribution in [1.82, 2.24) is 10.3 Å². The fraction of sp³-hybridized carbons (Fsp3) is 0.214. The van der Waals surface area contributed by atoms with Gasteiger partial charge in [0.25, 0.3) is 0 Å². The molecule has 0 bridgehead atoms. The predicted octanol–water partition coefficient (Wildman–Crippen LogP) is 1.73. The highest BCUT2D eigenvalue weighted by Crippen LogP contribution is 2.35. The largest absolute Gasteiger partial charge is 0.504 e. The summed E-state index contributed by atoms with van der Waals surface area (Å²) < 4.78 is 0. The molecule has 0 amide bonds. The van der Waals surface area contributed by atoms with Crippen LogP contribution in [0.2, 0.25) is 0 Å². The van der Waals surface area contributed by atoms with E-state index in [-0.39, 0.29) is 17.5 Å². The van der Waals surface area contributed by atoms with Crippen LogP contribution in [0.1, 0.15) is 22.7 Å². The van der Waals surface area contributed by atoms with E-state index >= 15 is 0 Å². The van der Waals surface area contributed by atoms with Crippen LogP contribution in [0.15, 0.2) is 36.7 Å². The Kier molecular flexibility index (Phi) is 2.64. The number of aromatic hydroxyl groups is 2. The van der Waals surface area contributed by atoms with Crippen molar-refractivity contribution in [3.63, 3.8) is 0 Å². The van der Waals surface area contributed by atoms with Gasteiger partial charge in [-0.1, -0.05) is 6.07 Å². The molecule has 4 nitrogen and oxygen atoms in total. The highest BCUT2D eigenvalue weighted by Gasteiger charge is 2.23. The van der Waals surface area contributed by atoms with Gasteiger partial charge in [0, 0.05) is 18.9 Å². The third kappa shape index (κ3) is 1.80. The summed E-state index contributed by atoms with van der Waals surface area (Å²) in [6.07, 6.45) is 4.40. The quantitative estimate of drug-likeness (QED) is 0.666. The number of fused-ring (bicyclic) bond motifs is 1. The number of hydrogen-bond acceptors (Lipinski definition) is 4. The Hall–Kier alpha value is -2.07. The Balaban J connectivity index is 2.09. The van der Waals surface area contributed by atoms with E-state index in [0.717, 1.165) is 29.7 Å². The molecule has 1 aromatic carbocycles. The lowest BCUT2D eigenvalue weighted by atomic mass is 9.90. The predicted molar refractivity (Wildman–Crippen MR) is 67.6 cm³/mol. The van der Waals surface area contributed by atoms with E-state index in [1.807, 2.05) is 18.3 Å². The first-order valence-electron chi connectivity index (χ1n) is 5.94. The van der Waals surface area contributed by atoms with Gasteiger partial charge in [-0.05, 0) is 41.3 Å². The fourth-order valence-electron chi connectivity index (χ4n) is 2.43. The molecule has 0 radical (unpaired) electrons. The average molecular weight is 242 g/mol. The van der Waals surface area contributed by atoms with E-state index in [2.05, 4.69) is 10.3 Å². The summed E-state index contributed by atoms with van der Waals surface area (Å²) in [7, 11) is 0. The van der Waals surface area contributed by atoms with Gasteiger partial charge in [-0.2, -0.15) is 0 Å².